The molecule has 11 atom stereocenters. The minimum Gasteiger partial charge on any atom is -0.481 e. The van der Waals surface area contributed by atoms with Crippen LogP contribution in [0.5, 0.6) is 0 Å². The molecule has 0 aliphatic heterocycles. The van der Waals surface area contributed by atoms with Crippen molar-refractivity contribution >= 4 is 77.0 Å². The summed E-state index contributed by atoms with van der Waals surface area (Å²) in [6.07, 6.45) is -2.71. The third kappa shape index (κ3) is 21.4. The number of nitrogens with one attached hydrogen (secondary N) is 7. The van der Waals surface area contributed by atoms with E-state index in [2.05, 4.69) is 37.2 Å². The maximum Gasteiger partial charge on any atom is 0.326 e. The van der Waals surface area contributed by atoms with E-state index in [9.17, 15) is 73.2 Å². The Morgan fingerprint density at radius 2 is 0.841 bits per heavy atom. The maximum absolute atomic E-state index is 14.0. The predicted molar refractivity (Wildman–Crippen MR) is 224 cm³/mol. The first kappa shape index (κ1) is 57.4. The summed E-state index contributed by atoms with van der Waals surface area (Å²) in [5.74, 6) is -13.8. The number of aliphatic hydroxyl groups excluding tert-OH is 1. The number of amides is 7. The van der Waals surface area contributed by atoms with Crippen LogP contribution in [-0.2, 0) is 52.7 Å². The Labute approximate surface area is 368 Å². The summed E-state index contributed by atoms with van der Waals surface area (Å²) in [6, 6.07) is -12.1. The molecular formula is C38H64N8O16S. The van der Waals surface area contributed by atoms with Gasteiger partial charge < -0.3 is 68.5 Å². The first-order valence-corrected chi connectivity index (χ1v) is 21.6. The zero-order chi connectivity index (χ0) is 48.7. The van der Waals surface area contributed by atoms with Crippen LogP contribution in [0, 0.1) is 11.8 Å². The molecule has 0 unspecified atom stereocenters. The molecule has 0 fully saturated rings. The Morgan fingerprint density at radius 3 is 1.21 bits per heavy atom. The van der Waals surface area contributed by atoms with E-state index in [1.165, 1.54) is 18.7 Å². The zero-order valence-electron chi connectivity index (χ0n) is 36.4. The highest BCUT2D eigenvalue weighted by Crippen LogP contribution is 2.15. The van der Waals surface area contributed by atoms with Gasteiger partial charge in [0, 0.05) is 12.8 Å². The quantitative estimate of drug-likeness (QED) is 0.0335. The number of carbonyl (C=O) groups is 11. The molecule has 0 aliphatic carbocycles. The monoisotopic (exact) mass is 920 g/mol. The van der Waals surface area contributed by atoms with Gasteiger partial charge in [-0.15, -0.1) is 0 Å². The van der Waals surface area contributed by atoms with Crippen molar-refractivity contribution in [1.29, 1.82) is 0 Å². The SMILES string of the molecule is CC[C@H](C)[C@H](NC(=O)[C@H](CCC(=O)O)NC(=O)[C@H](CCC(=O)O)NC(=O)[C@@H](NC(=O)[C@H](C)N)[C@@H](C)O)C(=O)N[C@H](C(=O)N[C@@H](CCSC)C(=O)N[C@@H](CC(=O)O)C(=O)O)[C@@H](C)CC. The summed E-state index contributed by atoms with van der Waals surface area (Å²) in [4.78, 5) is 140. The van der Waals surface area contributed by atoms with Crippen molar-refractivity contribution in [3.63, 3.8) is 0 Å². The van der Waals surface area contributed by atoms with Gasteiger partial charge in [-0.05, 0) is 57.0 Å². The molecule has 0 aromatic carbocycles. The highest BCUT2D eigenvalue weighted by Gasteiger charge is 2.37. The van der Waals surface area contributed by atoms with Crippen LogP contribution in [0.1, 0.15) is 92.9 Å². The van der Waals surface area contributed by atoms with Crippen LogP contribution in [0.4, 0.5) is 0 Å². The Hall–Kier alpha value is -5.56. The second kappa shape index (κ2) is 28.9. The van der Waals surface area contributed by atoms with Crippen LogP contribution in [0.2, 0.25) is 0 Å². The van der Waals surface area contributed by atoms with Gasteiger partial charge >= 0.3 is 23.9 Å². The van der Waals surface area contributed by atoms with Crippen LogP contribution in [-0.4, -0.2) is 157 Å². The molecule has 0 saturated heterocycles. The van der Waals surface area contributed by atoms with Gasteiger partial charge in [-0.2, -0.15) is 11.8 Å². The van der Waals surface area contributed by atoms with E-state index >= 15 is 0 Å². The fraction of sp³-hybridized carbons (Fsp3) is 0.711. The van der Waals surface area contributed by atoms with Crippen LogP contribution < -0.4 is 43.0 Å². The van der Waals surface area contributed by atoms with Crippen molar-refractivity contribution < 1.29 is 78.3 Å². The van der Waals surface area contributed by atoms with Crippen LogP contribution >= 0.6 is 11.8 Å². The Morgan fingerprint density at radius 1 is 0.492 bits per heavy atom. The van der Waals surface area contributed by atoms with E-state index in [1.54, 1.807) is 34.0 Å². The van der Waals surface area contributed by atoms with Gasteiger partial charge in [0.2, 0.25) is 41.4 Å². The van der Waals surface area contributed by atoms with E-state index in [-0.39, 0.29) is 12.8 Å². The number of hydrogen-bond donors (Lipinski definition) is 13. The molecule has 0 aromatic heterocycles. The van der Waals surface area contributed by atoms with Crippen molar-refractivity contribution in [3.8, 4) is 0 Å². The number of carboxylic acids is 4. The minimum absolute atomic E-state index is 0.0135. The first-order chi connectivity index (χ1) is 29.3. The van der Waals surface area contributed by atoms with Gasteiger partial charge in [0.15, 0.2) is 0 Å². The lowest BCUT2D eigenvalue weighted by molar-refractivity contribution is -0.147. The summed E-state index contributed by atoms with van der Waals surface area (Å²) in [5, 5.41) is 63.9. The molecule has 25 heteroatoms. The normalized spacial score (nSPS) is 16.3. The van der Waals surface area contributed by atoms with Gasteiger partial charge in [-0.1, -0.05) is 40.5 Å². The number of thioether (sulfide) groups is 1. The van der Waals surface area contributed by atoms with E-state index in [4.69, 9.17) is 10.8 Å². The van der Waals surface area contributed by atoms with Gasteiger partial charge in [0.25, 0.3) is 0 Å². The average Bonchev–Trinajstić information content (AvgIpc) is 3.20. The zero-order valence-corrected chi connectivity index (χ0v) is 37.2. The average molecular weight is 921 g/mol. The summed E-state index contributed by atoms with van der Waals surface area (Å²) in [5.41, 5.74) is 5.54. The first-order valence-electron chi connectivity index (χ1n) is 20.2. The predicted octanol–water partition coefficient (Wildman–Crippen LogP) is -2.76. The van der Waals surface area contributed by atoms with E-state index in [0.29, 0.717) is 12.2 Å². The molecule has 7 amide bonds. The lowest BCUT2D eigenvalue weighted by Gasteiger charge is -2.31. The number of carbonyl (C=O) groups excluding carboxylic acids is 7. The van der Waals surface area contributed by atoms with E-state index in [1.807, 2.05) is 0 Å². The third-order valence-electron chi connectivity index (χ3n) is 9.86. The fourth-order valence-corrected chi connectivity index (χ4v) is 6.08. The molecular weight excluding hydrogens is 857 g/mol. The molecule has 0 spiro atoms. The van der Waals surface area contributed by atoms with Crippen LogP contribution in [0.25, 0.3) is 0 Å². The molecule has 0 radical (unpaired) electrons. The second-order valence-corrected chi connectivity index (χ2v) is 16.1. The number of hydrogen-bond acceptors (Lipinski definition) is 14. The molecule has 0 saturated carbocycles. The Kier molecular flexibility index (Phi) is 26.4. The van der Waals surface area contributed by atoms with Crippen LogP contribution in [0.15, 0.2) is 0 Å². The molecule has 63 heavy (non-hydrogen) atoms. The molecule has 0 heterocycles. The van der Waals surface area contributed by atoms with E-state index in [0.717, 1.165) is 6.92 Å². The Bertz CT molecular complexity index is 1630. The lowest BCUT2D eigenvalue weighted by atomic mass is 9.94. The van der Waals surface area contributed by atoms with E-state index < -0.39 is 164 Å². The highest BCUT2D eigenvalue weighted by atomic mass is 32.2. The summed E-state index contributed by atoms with van der Waals surface area (Å²) >= 11 is 1.30. The van der Waals surface area contributed by atoms with Crippen molar-refractivity contribution in [1.82, 2.24) is 37.2 Å². The minimum atomic E-state index is -1.81. The summed E-state index contributed by atoms with van der Waals surface area (Å²) < 4.78 is 0. The van der Waals surface area contributed by atoms with Crippen molar-refractivity contribution in [2.45, 2.75) is 147 Å². The second-order valence-electron chi connectivity index (χ2n) is 15.1. The molecule has 14 N–H and O–H groups in total. The maximum atomic E-state index is 14.0. The molecule has 358 valence electrons. The molecule has 0 bridgehead atoms. The number of carboxylic acid groups (broad SMARTS) is 4. The number of aliphatic hydroxyl groups is 1. The van der Waals surface area contributed by atoms with Gasteiger partial charge in [-0.25, -0.2) is 4.79 Å². The van der Waals surface area contributed by atoms with Crippen molar-refractivity contribution in [2.75, 3.05) is 12.0 Å². The number of aliphatic carboxylic acids is 4. The smallest absolute Gasteiger partial charge is 0.326 e. The molecule has 0 rings (SSSR count). The molecule has 24 nitrogen and oxygen atoms in total. The molecule has 0 aromatic rings. The van der Waals surface area contributed by atoms with Crippen molar-refractivity contribution in [2.24, 2.45) is 17.6 Å². The van der Waals surface area contributed by atoms with Crippen LogP contribution in [0.3, 0.4) is 0 Å². The fourth-order valence-electron chi connectivity index (χ4n) is 5.61. The number of nitrogens with two attached hydrogens (primary N) is 1. The summed E-state index contributed by atoms with van der Waals surface area (Å²) in [6.45, 7) is 9.02. The van der Waals surface area contributed by atoms with Crippen molar-refractivity contribution in [3.05, 3.63) is 0 Å². The largest absolute Gasteiger partial charge is 0.481 e. The third-order valence-corrected chi connectivity index (χ3v) is 10.5. The molecule has 0 aliphatic rings. The highest BCUT2D eigenvalue weighted by molar-refractivity contribution is 7.98. The van der Waals surface area contributed by atoms with Gasteiger partial charge in [0.1, 0.15) is 42.3 Å². The topological polar surface area (TPSA) is 399 Å². The lowest BCUT2D eigenvalue weighted by Crippen LogP contribution is -2.62. The van der Waals surface area contributed by atoms with Gasteiger partial charge in [0.05, 0.1) is 18.6 Å². The summed E-state index contributed by atoms with van der Waals surface area (Å²) in [7, 11) is 0. The Balaban J connectivity index is 6.65. The number of rotatable bonds is 31. The standard InChI is InChI=1S/C38H64N8O16S/c1-8-17(3)28(35(58)42-23(14-15-63-7)33(56)43-24(38(61)62)16-27(52)53)45-36(59)29(18(4)9-2)44-34(57)22(11-13-26(50)51)40-32(55)21(10-12-25(48)49)41-37(60)30(20(6)47)46-31(54)19(5)39/h17-24,28-30,47H,8-16,39H2,1-7H3,(H,40,55)(H,41,60)(H,42,58)(H,43,56)(H,44,57)(H,45,59)(H,46,54)(H,48,49)(H,50,51)(H,52,53)(H,61,62)/t17-,18-,19-,20+,21-,22-,23-,24-,28-,29-,30-/m0/s1. The van der Waals surface area contributed by atoms with Gasteiger partial charge in [-0.3, -0.25) is 47.9 Å².